The van der Waals surface area contributed by atoms with E-state index in [-0.39, 0.29) is 17.9 Å². The zero-order valence-electron chi connectivity index (χ0n) is 12.4. The number of hydrogen-bond donors (Lipinski definition) is 1. The molecule has 1 aromatic heterocycles. The van der Waals surface area contributed by atoms with E-state index in [1.165, 1.54) is 10.6 Å². The van der Waals surface area contributed by atoms with Gasteiger partial charge in [0, 0.05) is 30.9 Å². The van der Waals surface area contributed by atoms with Crippen LogP contribution in [0.3, 0.4) is 0 Å². The summed E-state index contributed by atoms with van der Waals surface area (Å²) in [6.07, 6.45) is 1.97. The van der Waals surface area contributed by atoms with Gasteiger partial charge in [0.1, 0.15) is 0 Å². The molecule has 0 aliphatic heterocycles. The topological polar surface area (TPSA) is 51.1 Å². The Morgan fingerprint density at radius 1 is 1.14 bits per heavy atom. The van der Waals surface area contributed by atoms with Crippen LogP contribution in [0.4, 0.5) is 5.69 Å². The van der Waals surface area contributed by atoms with Gasteiger partial charge in [-0.2, -0.15) is 0 Å². The summed E-state index contributed by atoms with van der Waals surface area (Å²) in [5, 5.41) is 2.93. The molecule has 1 heterocycles. The molecule has 1 amide bonds. The van der Waals surface area contributed by atoms with E-state index in [0.717, 1.165) is 11.3 Å². The lowest BCUT2D eigenvalue weighted by Crippen LogP contribution is -2.22. The Morgan fingerprint density at radius 3 is 2.57 bits per heavy atom. The Hall–Kier alpha value is -2.36. The number of nitrogens with zero attached hydrogens (tertiary/aromatic N) is 1. The van der Waals surface area contributed by atoms with Gasteiger partial charge in [0.05, 0.1) is 0 Å². The van der Waals surface area contributed by atoms with Crippen LogP contribution in [-0.4, -0.2) is 10.5 Å². The summed E-state index contributed by atoms with van der Waals surface area (Å²) in [7, 11) is 0. The van der Waals surface area contributed by atoms with Gasteiger partial charge in [0.2, 0.25) is 5.91 Å². The van der Waals surface area contributed by atoms with E-state index in [4.69, 9.17) is 0 Å². The smallest absolute Gasteiger partial charge is 0.250 e. The van der Waals surface area contributed by atoms with Crippen LogP contribution in [-0.2, 0) is 11.3 Å². The average molecular weight is 284 g/mol. The number of aryl methyl sites for hydroxylation is 1. The molecular formula is C17H20N2O2. The first-order valence-electron chi connectivity index (χ1n) is 7.12. The van der Waals surface area contributed by atoms with E-state index >= 15 is 0 Å². The summed E-state index contributed by atoms with van der Waals surface area (Å²) < 4.78 is 1.54. The molecule has 1 aromatic carbocycles. The molecule has 21 heavy (non-hydrogen) atoms. The van der Waals surface area contributed by atoms with Crippen LogP contribution in [0.1, 0.15) is 31.7 Å². The number of benzene rings is 1. The number of carbonyl (C=O) groups excluding carboxylic acids is 1. The second-order valence-electron chi connectivity index (χ2n) is 5.27. The van der Waals surface area contributed by atoms with E-state index in [9.17, 15) is 9.59 Å². The van der Waals surface area contributed by atoms with Gasteiger partial charge >= 0.3 is 0 Å². The molecule has 2 rings (SSSR count). The van der Waals surface area contributed by atoms with Crippen molar-refractivity contribution in [2.45, 2.75) is 32.7 Å². The maximum Gasteiger partial charge on any atom is 0.250 e. The van der Waals surface area contributed by atoms with Crippen LogP contribution in [0.2, 0.25) is 0 Å². The molecule has 0 unspecified atom stereocenters. The molecular weight excluding hydrogens is 264 g/mol. The zero-order valence-corrected chi connectivity index (χ0v) is 12.4. The highest BCUT2D eigenvalue weighted by Crippen LogP contribution is 2.23. The second-order valence-corrected chi connectivity index (χ2v) is 5.27. The third-order valence-electron chi connectivity index (χ3n) is 3.34. The maximum atomic E-state index is 12.0. The van der Waals surface area contributed by atoms with Crippen molar-refractivity contribution in [1.29, 1.82) is 0 Å². The minimum absolute atomic E-state index is 0.0844. The van der Waals surface area contributed by atoms with Crippen molar-refractivity contribution >= 4 is 11.6 Å². The minimum atomic E-state index is -0.0899. The Labute approximate surface area is 124 Å². The minimum Gasteiger partial charge on any atom is -0.326 e. The van der Waals surface area contributed by atoms with Crippen molar-refractivity contribution < 1.29 is 4.79 Å². The van der Waals surface area contributed by atoms with E-state index in [1.54, 1.807) is 18.3 Å². The van der Waals surface area contributed by atoms with Crippen LogP contribution >= 0.6 is 0 Å². The lowest BCUT2D eigenvalue weighted by atomic mass is 10.0. The van der Waals surface area contributed by atoms with E-state index in [0.29, 0.717) is 12.5 Å². The first-order chi connectivity index (χ1) is 10.1. The molecule has 4 nitrogen and oxygen atoms in total. The molecule has 1 N–H and O–H groups in total. The number of rotatable bonds is 5. The molecule has 110 valence electrons. The molecule has 0 spiro atoms. The molecule has 0 bridgehead atoms. The summed E-state index contributed by atoms with van der Waals surface area (Å²) in [5.41, 5.74) is 1.87. The van der Waals surface area contributed by atoms with E-state index in [1.807, 2.05) is 24.3 Å². The molecule has 2 aromatic rings. The Bertz CT molecular complexity index is 674. The van der Waals surface area contributed by atoms with Gasteiger partial charge in [-0.15, -0.1) is 0 Å². The van der Waals surface area contributed by atoms with Crippen molar-refractivity contribution in [2.24, 2.45) is 0 Å². The third kappa shape index (κ3) is 4.05. The second kappa shape index (κ2) is 6.88. The number of anilines is 1. The van der Waals surface area contributed by atoms with Crippen LogP contribution in [0, 0.1) is 0 Å². The lowest BCUT2D eigenvalue weighted by Gasteiger charge is -2.13. The van der Waals surface area contributed by atoms with Gasteiger partial charge < -0.3 is 9.88 Å². The fourth-order valence-electron chi connectivity index (χ4n) is 2.19. The number of hydrogen-bond acceptors (Lipinski definition) is 2. The molecule has 0 fully saturated rings. The number of nitrogens with one attached hydrogen (secondary N) is 1. The largest absolute Gasteiger partial charge is 0.326 e. The number of carbonyl (C=O) groups is 1. The summed E-state index contributed by atoms with van der Waals surface area (Å²) in [4.78, 5) is 23.6. The van der Waals surface area contributed by atoms with Crippen molar-refractivity contribution in [3.05, 3.63) is 64.6 Å². The van der Waals surface area contributed by atoms with Crippen LogP contribution in [0.5, 0.6) is 0 Å². The first kappa shape index (κ1) is 15.0. The molecule has 0 saturated heterocycles. The zero-order chi connectivity index (χ0) is 15.2. The van der Waals surface area contributed by atoms with Gasteiger partial charge in [-0.1, -0.05) is 38.1 Å². The third-order valence-corrected chi connectivity index (χ3v) is 3.34. The van der Waals surface area contributed by atoms with Crippen LogP contribution in [0.25, 0.3) is 0 Å². The average Bonchev–Trinajstić information content (AvgIpc) is 2.47. The molecule has 4 heteroatoms. The van der Waals surface area contributed by atoms with Crippen molar-refractivity contribution in [3.8, 4) is 0 Å². The number of para-hydroxylation sites is 1. The summed E-state index contributed by atoms with van der Waals surface area (Å²) in [6, 6.07) is 12.8. The van der Waals surface area contributed by atoms with E-state index in [2.05, 4.69) is 19.2 Å². The Balaban J connectivity index is 2.00. The predicted molar refractivity (Wildman–Crippen MR) is 84.5 cm³/mol. The summed E-state index contributed by atoms with van der Waals surface area (Å²) in [6.45, 7) is 4.57. The molecule has 0 aliphatic rings. The molecule has 0 radical (unpaired) electrons. The first-order valence-corrected chi connectivity index (χ1v) is 7.12. The van der Waals surface area contributed by atoms with Crippen LogP contribution < -0.4 is 10.9 Å². The predicted octanol–water partition coefficient (Wildman–Crippen LogP) is 3.00. The summed E-state index contributed by atoms with van der Waals surface area (Å²) >= 11 is 0. The van der Waals surface area contributed by atoms with Gasteiger partial charge in [0.15, 0.2) is 0 Å². The van der Waals surface area contributed by atoms with Gasteiger partial charge in [-0.3, -0.25) is 9.59 Å². The Morgan fingerprint density at radius 2 is 1.86 bits per heavy atom. The quantitative estimate of drug-likeness (QED) is 0.917. The summed E-state index contributed by atoms with van der Waals surface area (Å²) in [5.74, 6) is 0.261. The highest BCUT2D eigenvalue weighted by molar-refractivity contribution is 5.91. The number of amides is 1. The highest BCUT2D eigenvalue weighted by Gasteiger charge is 2.09. The Kier molecular flexibility index (Phi) is 4.93. The van der Waals surface area contributed by atoms with Gasteiger partial charge in [-0.05, 0) is 23.6 Å². The lowest BCUT2D eigenvalue weighted by molar-refractivity contribution is -0.116. The highest BCUT2D eigenvalue weighted by atomic mass is 16.1. The fourth-order valence-corrected chi connectivity index (χ4v) is 2.19. The number of aromatic nitrogens is 1. The molecule has 0 atom stereocenters. The van der Waals surface area contributed by atoms with Crippen LogP contribution in [0.15, 0.2) is 53.5 Å². The number of pyridine rings is 1. The van der Waals surface area contributed by atoms with Crippen molar-refractivity contribution in [2.75, 3.05) is 5.32 Å². The molecule has 0 saturated carbocycles. The monoisotopic (exact) mass is 284 g/mol. The standard InChI is InChI=1S/C17H20N2O2/c1-13(2)14-7-3-4-8-15(14)18-16(20)10-12-19-11-6-5-9-17(19)21/h3-9,11,13H,10,12H2,1-2H3,(H,18,20). The van der Waals surface area contributed by atoms with Crippen molar-refractivity contribution in [1.82, 2.24) is 4.57 Å². The normalized spacial score (nSPS) is 10.6. The molecule has 0 aliphatic carbocycles. The van der Waals surface area contributed by atoms with E-state index < -0.39 is 0 Å². The van der Waals surface area contributed by atoms with Crippen molar-refractivity contribution in [3.63, 3.8) is 0 Å². The fraction of sp³-hybridized carbons (Fsp3) is 0.294. The van der Waals surface area contributed by atoms with Gasteiger partial charge in [-0.25, -0.2) is 0 Å². The van der Waals surface area contributed by atoms with Gasteiger partial charge in [0.25, 0.3) is 5.56 Å². The SMILES string of the molecule is CC(C)c1ccccc1NC(=O)CCn1ccccc1=O. The maximum absolute atomic E-state index is 12.0.